The molecule has 4 heteroatoms. The number of hydrogen-bond acceptors (Lipinski definition) is 3. The second-order valence-electron chi connectivity index (χ2n) is 4.77. The highest BCUT2D eigenvalue weighted by molar-refractivity contribution is 5.92. The molecule has 0 spiro atoms. The van der Waals surface area contributed by atoms with Gasteiger partial charge in [0.05, 0.1) is 20.6 Å². The highest BCUT2D eigenvalue weighted by Gasteiger charge is 2.10. The van der Waals surface area contributed by atoms with Crippen LogP contribution in [0.25, 0.3) is 0 Å². The molecule has 0 unspecified atom stereocenters. The van der Waals surface area contributed by atoms with E-state index in [2.05, 4.69) is 5.32 Å². The molecule has 2 aromatic rings. The Morgan fingerprint density at radius 3 is 2.57 bits per heavy atom. The summed E-state index contributed by atoms with van der Waals surface area (Å²) in [5.41, 5.74) is 2.69. The maximum atomic E-state index is 12.2. The quantitative estimate of drug-likeness (QED) is 0.917. The van der Waals surface area contributed by atoms with Crippen LogP contribution < -0.4 is 14.8 Å². The molecule has 2 aromatic carbocycles. The first-order chi connectivity index (χ1) is 10.1. The molecule has 21 heavy (non-hydrogen) atoms. The first kappa shape index (κ1) is 14.9. The maximum Gasteiger partial charge on any atom is 0.228 e. The monoisotopic (exact) mass is 285 g/mol. The number of amides is 1. The third-order valence-electron chi connectivity index (χ3n) is 3.14. The lowest BCUT2D eigenvalue weighted by Crippen LogP contribution is -2.15. The van der Waals surface area contributed by atoms with Crippen LogP contribution in [0.3, 0.4) is 0 Å². The average molecular weight is 285 g/mol. The van der Waals surface area contributed by atoms with Crippen LogP contribution in [-0.2, 0) is 11.2 Å². The molecule has 0 aliphatic carbocycles. The normalized spacial score (nSPS) is 10.0. The lowest BCUT2D eigenvalue weighted by molar-refractivity contribution is -0.115. The molecule has 2 rings (SSSR count). The van der Waals surface area contributed by atoms with Gasteiger partial charge in [0, 0.05) is 11.3 Å². The largest absolute Gasteiger partial charge is 0.497 e. The second kappa shape index (κ2) is 6.79. The fourth-order valence-electron chi connectivity index (χ4n) is 2.12. The van der Waals surface area contributed by atoms with E-state index in [1.165, 1.54) is 0 Å². The number of aryl methyl sites for hydroxylation is 1. The van der Waals surface area contributed by atoms with Gasteiger partial charge in [-0.3, -0.25) is 4.79 Å². The van der Waals surface area contributed by atoms with Gasteiger partial charge in [0.1, 0.15) is 11.5 Å². The van der Waals surface area contributed by atoms with Gasteiger partial charge in [-0.1, -0.05) is 12.1 Å². The number of ether oxygens (including phenoxy) is 2. The van der Waals surface area contributed by atoms with E-state index in [4.69, 9.17) is 9.47 Å². The van der Waals surface area contributed by atoms with E-state index in [1.54, 1.807) is 26.4 Å². The number of methoxy groups -OCH3 is 2. The Morgan fingerprint density at radius 1 is 1.10 bits per heavy atom. The predicted molar refractivity (Wildman–Crippen MR) is 83.1 cm³/mol. The van der Waals surface area contributed by atoms with Crippen LogP contribution in [0, 0.1) is 6.92 Å². The van der Waals surface area contributed by atoms with Crippen molar-refractivity contribution in [2.75, 3.05) is 19.5 Å². The first-order valence-corrected chi connectivity index (χ1v) is 6.70. The average Bonchev–Trinajstić information content (AvgIpc) is 2.47. The van der Waals surface area contributed by atoms with Crippen LogP contribution in [-0.4, -0.2) is 20.1 Å². The van der Waals surface area contributed by atoms with Crippen molar-refractivity contribution in [2.24, 2.45) is 0 Å². The Kier molecular flexibility index (Phi) is 4.82. The van der Waals surface area contributed by atoms with E-state index in [1.807, 2.05) is 37.3 Å². The molecular formula is C17H19NO3. The van der Waals surface area contributed by atoms with E-state index < -0.39 is 0 Å². The van der Waals surface area contributed by atoms with E-state index in [0.29, 0.717) is 11.5 Å². The minimum atomic E-state index is -0.0906. The lowest BCUT2D eigenvalue weighted by atomic mass is 10.1. The van der Waals surface area contributed by atoms with Crippen molar-refractivity contribution in [3.05, 3.63) is 53.6 Å². The van der Waals surface area contributed by atoms with Crippen LogP contribution in [0.2, 0.25) is 0 Å². The van der Waals surface area contributed by atoms with Gasteiger partial charge in [0.2, 0.25) is 5.91 Å². The topological polar surface area (TPSA) is 47.6 Å². The van der Waals surface area contributed by atoms with Gasteiger partial charge in [-0.25, -0.2) is 0 Å². The summed E-state index contributed by atoms with van der Waals surface area (Å²) in [4.78, 5) is 12.2. The smallest absolute Gasteiger partial charge is 0.228 e. The number of benzene rings is 2. The van der Waals surface area contributed by atoms with Gasteiger partial charge in [-0.15, -0.1) is 0 Å². The second-order valence-corrected chi connectivity index (χ2v) is 4.77. The minimum Gasteiger partial charge on any atom is -0.497 e. The number of carbonyl (C=O) groups excluding carboxylic acids is 1. The van der Waals surface area contributed by atoms with Gasteiger partial charge < -0.3 is 14.8 Å². The number of nitrogens with one attached hydrogen (secondary N) is 1. The predicted octanol–water partition coefficient (Wildman–Crippen LogP) is 3.19. The summed E-state index contributed by atoms with van der Waals surface area (Å²) in [6, 6.07) is 13.1. The van der Waals surface area contributed by atoms with Crippen LogP contribution in [0.4, 0.5) is 5.69 Å². The molecule has 0 aromatic heterocycles. The summed E-state index contributed by atoms with van der Waals surface area (Å²) in [6.45, 7) is 1.99. The highest BCUT2D eigenvalue weighted by atomic mass is 16.5. The Balaban J connectivity index is 2.12. The zero-order valence-corrected chi connectivity index (χ0v) is 12.5. The summed E-state index contributed by atoms with van der Waals surface area (Å²) in [7, 11) is 3.18. The van der Waals surface area contributed by atoms with Crippen LogP contribution in [0.5, 0.6) is 11.5 Å². The molecule has 4 nitrogen and oxygen atoms in total. The molecule has 0 aliphatic heterocycles. The summed E-state index contributed by atoms with van der Waals surface area (Å²) in [5, 5.41) is 2.88. The molecule has 0 radical (unpaired) electrons. The molecule has 0 saturated carbocycles. The summed E-state index contributed by atoms with van der Waals surface area (Å²) < 4.78 is 10.5. The fourth-order valence-corrected chi connectivity index (χ4v) is 2.12. The molecule has 0 atom stereocenters. The van der Waals surface area contributed by atoms with Crippen LogP contribution in [0.15, 0.2) is 42.5 Å². The summed E-state index contributed by atoms with van der Waals surface area (Å²) in [6.07, 6.45) is 0.230. The molecule has 1 N–H and O–H groups in total. The molecule has 0 saturated heterocycles. The molecule has 1 amide bonds. The zero-order chi connectivity index (χ0) is 15.2. The molecule has 0 aliphatic rings. The van der Waals surface area contributed by atoms with Crippen molar-refractivity contribution >= 4 is 11.6 Å². The van der Waals surface area contributed by atoms with E-state index in [9.17, 15) is 4.79 Å². The minimum absolute atomic E-state index is 0.0906. The molecule has 0 bridgehead atoms. The van der Waals surface area contributed by atoms with Crippen molar-refractivity contribution in [1.29, 1.82) is 0 Å². The summed E-state index contributed by atoms with van der Waals surface area (Å²) >= 11 is 0. The number of hydrogen-bond donors (Lipinski definition) is 1. The van der Waals surface area contributed by atoms with Gasteiger partial charge in [0.15, 0.2) is 0 Å². The highest BCUT2D eigenvalue weighted by Crippen LogP contribution is 2.24. The number of carbonyl (C=O) groups is 1. The van der Waals surface area contributed by atoms with Gasteiger partial charge in [-0.05, 0) is 42.8 Å². The Morgan fingerprint density at radius 2 is 1.90 bits per heavy atom. The standard InChI is InChI=1S/C17H19NO3/c1-12-5-4-6-14(9-12)18-17(19)11-13-10-15(20-2)7-8-16(13)21-3/h4-10H,11H2,1-3H3,(H,18,19). The molecule has 110 valence electrons. The molecule has 0 heterocycles. The Hall–Kier alpha value is -2.49. The zero-order valence-electron chi connectivity index (χ0n) is 12.5. The molecule has 0 fully saturated rings. The van der Waals surface area contributed by atoms with Crippen molar-refractivity contribution in [2.45, 2.75) is 13.3 Å². The Bertz CT molecular complexity index is 638. The van der Waals surface area contributed by atoms with Crippen molar-refractivity contribution in [3.8, 4) is 11.5 Å². The van der Waals surface area contributed by atoms with Gasteiger partial charge in [-0.2, -0.15) is 0 Å². The SMILES string of the molecule is COc1ccc(OC)c(CC(=O)Nc2cccc(C)c2)c1. The van der Waals surface area contributed by atoms with E-state index in [-0.39, 0.29) is 12.3 Å². The Labute approximate surface area is 124 Å². The van der Waals surface area contributed by atoms with Crippen molar-refractivity contribution in [1.82, 2.24) is 0 Å². The van der Waals surface area contributed by atoms with Crippen molar-refractivity contribution < 1.29 is 14.3 Å². The first-order valence-electron chi connectivity index (χ1n) is 6.70. The molecular weight excluding hydrogens is 266 g/mol. The van der Waals surface area contributed by atoms with E-state index in [0.717, 1.165) is 16.8 Å². The lowest BCUT2D eigenvalue weighted by Gasteiger charge is -2.11. The van der Waals surface area contributed by atoms with Crippen LogP contribution >= 0.6 is 0 Å². The third-order valence-corrected chi connectivity index (χ3v) is 3.14. The summed E-state index contributed by atoms with van der Waals surface area (Å²) in [5.74, 6) is 1.29. The fraction of sp³-hybridized carbons (Fsp3) is 0.235. The van der Waals surface area contributed by atoms with Crippen LogP contribution in [0.1, 0.15) is 11.1 Å². The number of rotatable bonds is 5. The van der Waals surface area contributed by atoms with Crippen molar-refractivity contribution in [3.63, 3.8) is 0 Å². The number of anilines is 1. The third kappa shape index (κ3) is 3.99. The van der Waals surface area contributed by atoms with Gasteiger partial charge >= 0.3 is 0 Å². The van der Waals surface area contributed by atoms with E-state index >= 15 is 0 Å². The maximum absolute atomic E-state index is 12.2. The van der Waals surface area contributed by atoms with Gasteiger partial charge in [0.25, 0.3) is 0 Å².